The predicted octanol–water partition coefficient (Wildman–Crippen LogP) is -1.61. The van der Waals surface area contributed by atoms with Gasteiger partial charge in [-0.2, -0.15) is 12.7 Å². The summed E-state index contributed by atoms with van der Waals surface area (Å²) in [7, 11) is -3.82. The van der Waals surface area contributed by atoms with Gasteiger partial charge in [-0.3, -0.25) is 4.79 Å². The van der Waals surface area contributed by atoms with Crippen LogP contribution in [0.5, 0.6) is 0 Å². The molecule has 1 fully saturated rings. The Morgan fingerprint density at radius 2 is 1.89 bits per heavy atom. The smallest absolute Gasteiger partial charge is 0.320 e. The van der Waals surface area contributed by atoms with Gasteiger partial charge in [0.25, 0.3) is 10.2 Å². The summed E-state index contributed by atoms with van der Waals surface area (Å²) >= 11 is 0. The highest BCUT2D eigenvalue weighted by Crippen LogP contribution is 2.08. The summed E-state index contributed by atoms with van der Waals surface area (Å²) in [5, 5.41) is 13.8. The van der Waals surface area contributed by atoms with Crippen molar-refractivity contribution in [1.29, 1.82) is 0 Å². The minimum absolute atomic E-state index is 0.0279. The number of rotatable bonds is 8. The van der Waals surface area contributed by atoms with Crippen molar-refractivity contribution < 1.29 is 18.3 Å². The molecule has 1 aliphatic heterocycles. The van der Waals surface area contributed by atoms with Crippen LogP contribution in [0.4, 0.5) is 0 Å². The Labute approximate surface area is 113 Å². The highest BCUT2D eigenvalue weighted by molar-refractivity contribution is 7.86. The molecule has 9 heteroatoms. The lowest BCUT2D eigenvalue weighted by molar-refractivity contribution is -0.138. The Morgan fingerprint density at radius 1 is 1.32 bits per heavy atom. The van der Waals surface area contributed by atoms with Gasteiger partial charge in [-0.15, -0.1) is 0 Å². The number of hydrogen-bond donors (Lipinski definition) is 3. The largest absolute Gasteiger partial charge is 0.480 e. The molecule has 1 aliphatic rings. The fraction of sp³-hybridized carbons (Fsp3) is 0.900. The average molecular weight is 294 g/mol. The zero-order chi connectivity index (χ0) is 14.5. The van der Waals surface area contributed by atoms with E-state index in [2.05, 4.69) is 4.90 Å². The number of carbonyl (C=O) groups is 1. The SMILES string of the molecule is N[C@@H](CCN(CCN1CCCC1)S(N)(=O)=O)C(=O)O. The molecule has 0 unspecified atom stereocenters. The Kier molecular flexibility index (Phi) is 6.14. The molecule has 1 saturated heterocycles. The van der Waals surface area contributed by atoms with Crippen LogP contribution in [0.1, 0.15) is 19.3 Å². The molecule has 0 saturated carbocycles. The molecule has 19 heavy (non-hydrogen) atoms. The van der Waals surface area contributed by atoms with Gasteiger partial charge in [0.1, 0.15) is 6.04 Å². The Balaban J connectivity index is 2.45. The van der Waals surface area contributed by atoms with E-state index in [4.69, 9.17) is 16.0 Å². The van der Waals surface area contributed by atoms with Crippen molar-refractivity contribution in [3.05, 3.63) is 0 Å². The fourth-order valence-corrected chi connectivity index (χ4v) is 2.73. The maximum absolute atomic E-state index is 11.4. The summed E-state index contributed by atoms with van der Waals surface area (Å²) in [5.74, 6) is -1.14. The topological polar surface area (TPSA) is 130 Å². The summed E-state index contributed by atoms with van der Waals surface area (Å²) < 4.78 is 23.9. The van der Waals surface area contributed by atoms with Crippen molar-refractivity contribution >= 4 is 16.2 Å². The molecule has 8 nitrogen and oxygen atoms in total. The van der Waals surface area contributed by atoms with Crippen LogP contribution >= 0.6 is 0 Å². The van der Waals surface area contributed by atoms with Crippen molar-refractivity contribution in [2.75, 3.05) is 32.7 Å². The average Bonchev–Trinajstić information content (AvgIpc) is 2.79. The number of nitrogens with zero attached hydrogens (tertiary/aromatic N) is 2. The van der Waals surface area contributed by atoms with E-state index in [1.54, 1.807) is 0 Å². The van der Waals surface area contributed by atoms with E-state index < -0.39 is 22.2 Å². The van der Waals surface area contributed by atoms with Crippen molar-refractivity contribution in [2.45, 2.75) is 25.3 Å². The Hall–Kier alpha value is -0.740. The van der Waals surface area contributed by atoms with E-state index in [-0.39, 0.29) is 19.5 Å². The van der Waals surface area contributed by atoms with E-state index >= 15 is 0 Å². The van der Waals surface area contributed by atoms with E-state index in [1.165, 1.54) is 0 Å². The minimum Gasteiger partial charge on any atom is -0.480 e. The summed E-state index contributed by atoms with van der Waals surface area (Å²) in [6.07, 6.45) is 2.30. The molecule has 0 aromatic rings. The third-order valence-electron chi connectivity index (χ3n) is 3.23. The molecule has 0 amide bonds. The summed E-state index contributed by atoms with van der Waals surface area (Å²) in [5.41, 5.74) is 5.35. The Morgan fingerprint density at radius 3 is 2.37 bits per heavy atom. The molecule has 5 N–H and O–H groups in total. The van der Waals surface area contributed by atoms with E-state index in [0.717, 1.165) is 30.2 Å². The predicted molar refractivity (Wildman–Crippen MR) is 70.6 cm³/mol. The fourth-order valence-electron chi connectivity index (χ4n) is 2.03. The lowest BCUT2D eigenvalue weighted by atomic mass is 10.2. The summed E-state index contributed by atoms with van der Waals surface area (Å²) in [6.45, 7) is 2.84. The first-order chi connectivity index (χ1) is 8.80. The Bertz CT molecular complexity index is 394. The molecule has 1 atom stereocenters. The van der Waals surface area contributed by atoms with Crippen molar-refractivity contribution in [2.24, 2.45) is 10.9 Å². The van der Waals surface area contributed by atoms with Gasteiger partial charge < -0.3 is 15.7 Å². The van der Waals surface area contributed by atoms with Crippen LogP contribution in [0, 0.1) is 0 Å². The summed E-state index contributed by atoms with van der Waals surface area (Å²) in [4.78, 5) is 12.8. The van der Waals surface area contributed by atoms with Gasteiger partial charge in [0.05, 0.1) is 0 Å². The number of nitrogens with two attached hydrogens (primary N) is 2. The van der Waals surface area contributed by atoms with Crippen LogP contribution in [-0.4, -0.2) is 67.5 Å². The first-order valence-corrected chi connectivity index (χ1v) is 7.79. The first kappa shape index (κ1) is 16.3. The third kappa shape index (κ3) is 5.83. The van der Waals surface area contributed by atoms with Crippen LogP contribution < -0.4 is 10.9 Å². The molecule has 0 aliphatic carbocycles. The second-order valence-corrected chi connectivity index (χ2v) is 6.27. The van der Waals surface area contributed by atoms with Crippen LogP contribution in [0.15, 0.2) is 0 Å². The van der Waals surface area contributed by atoms with Gasteiger partial charge in [0.2, 0.25) is 0 Å². The lowest BCUT2D eigenvalue weighted by Gasteiger charge is -2.23. The lowest BCUT2D eigenvalue weighted by Crippen LogP contribution is -2.44. The maximum Gasteiger partial charge on any atom is 0.320 e. The summed E-state index contributed by atoms with van der Waals surface area (Å²) in [6, 6.07) is -1.07. The van der Waals surface area contributed by atoms with Crippen LogP contribution in [-0.2, 0) is 15.0 Å². The molecule has 0 spiro atoms. The van der Waals surface area contributed by atoms with Crippen LogP contribution in [0.25, 0.3) is 0 Å². The first-order valence-electron chi connectivity index (χ1n) is 6.29. The van der Waals surface area contributed by atoms with Gasteiger partial charge in [-0.25, -0.2) is 5.14 Å². The minimum atomic E-state index is -3.82. The quantitative estimate of drug-likeness (QED) is 0.494. The highest BCUT2D eigenvalue weighted by Gasteiger charge is 2.22. The van der Waals surface area contributed by atoms with Gasteiger partial charge in [0.15, 0.2) is 0 Å². The normalized spacial score (nSPS) is 18.9. The number of carboxylic acids is 1. The zero-order valence-corrected chi connectivity index (χ0v) is 11.7. The molecule has 0 radical (unpaired) electrons. The molecule has 0 bridgehead atoms. The number of aliphatic carboxylic acids is 1. The molecule has 1 rings (SSSR count). The molecule has 0 aromatic carbocycles. The second-order valence-electron chi connectivity index (χ2n) is 4.73. The highest BCUT2D eigenvalue weighted by atomic mass is 32.2. The van der Waals surface area contributed by atoms with Gasteiger partial charge in [0, 0.05) is 19.6 Å². The van der Waals surface area contributed by atoms with Gasteiger partial charge in [-0.1, -0.05) is 0 Å². The van der Waals surface area contributed by atoms with Crippen molar-refractivity contribution in [3.63, 3.8) is 0 Å². The number of carboxylic acid groups (broad SMARTS) is 1. The number of likely N-dealkylation sites (tertiary alicyclic amines) is 1. The maximum atomic E-state index is 11.4. The van der Waals surface area contributed by atoms with E-state index in [9.17, 15) is 13.2 Å². The third-order valence-corrected chi connectivity index (χ3v) is 4.32. The van der Waals surface area contributed by atoms with E-state index in [0.29, 0.717) is 6.54 Å². The molecule has 1 heterocycles. The molecular formula is C10H22N4O4S. The van der Waals surface area contributed by atoms with Crippen LogP contribution in [0.3, 0.4) is 0 Å². The monoisotopic (exact) mass is 294 g/mol. The van der Waals surface area contributed by atoms with Crippen LogP contribution in [0.2, 0.25) is 0 Å². The van der Waals surface area contributed by atoms with Crippen molar-refractivity contribution in [3.8, 4) is 0 Å². The molecular weight excluding hydrogens is 272 g/mol. The molecule has 112 valence electrons. The van der Waals surface area contributed by atoms with Gasteiger partial charge >= 0.3 is 5.97 Å². The van der Waals surface area contributed by atoms with Gasteiger partial charge in [-0.05, 0) is 32.4 Å². The van der Waals surface area contributed by atoms with Crippen molar-refractivity contribution in [1.82, 2.24) is 9.21 Å². The standard InChI is InChI=1S/C10H22N4O4S/c11-9(10(15)16)3-6-14(19(12,17)18)8-7-13-4-1-2-5-13/h9H,1-8,11H2,(H,15,16)(H2,12,17,18)/t9-/m0/s1. The second kappa shape index (κ2) is 7.15. The number of hydrogen-bond acceptors (Lipinski definition) is 5. The molecule has 0 aromatic heterocycles. The zero-order valence-electron chi connectivity index (χ0n) is 10.9. The van der Waals surface area contributed by atoms with E-state index in [1.807, 2.05) is 0 Å².